The Labute approximate surface area is 74.3 Å². The highest BCUT2D eigenvalue weighted by Crippen LogP contribution is 2.19. The maximum Gasteiger partial charge on any atom is 0.143 e. The topological polar surface area (TPSA) is 12.9 Å². The maximum atomic E-state index is 5.73. The molecular weight excluding hydrogens is 212 g/mol. The normalized spacial score (nSPS) is 9.80. The maximum absolute atomic E-state index is 5.73. The smallest absolute Gasteiger partial charge is 0.143 e. The second-order valence-corrected chi connectivity index (χ2v) is 3.14. The van der Waals surface area contributed by atoms with Gasteiger partial charge in [0.05, 0.1) is 4.47 Å². The van der Waals surface area contributed by atoms with E-state index in [0.717, 1.165) is 16.5 Å². The number of hydrogen-bond donors (Lipinski definition) is 0. The third-order valence-electron chi connectivity index (χ3n) is 1.22. The summed E-state index contributed by atoms with van der Waals surface area (Å²) in [5, 5.41) is 0.541. The van der Waals surface area contributed by atoms with E-state index < -0.39 is 0 Å². The van der Waals surface area contributed by atoms with Gasteiger partial charge in [0.15, 0.2) is 0 Å². The Hall–Kier alpha value is -0.0151. The summed E-state index contributed by atoms with van der Waals surface area (Å²) in [5.74, 6) is 0. The van der Waals surface area contributed by atoms with Gasteiger partial charge in [0.1, 0.15) is 13.0 Å². The minimum Gasteiger partial charge on any atom is -0.241 e. The van der Waals surface area contributed by atoms with Gasteiger partial charge in [0, 0.05) is 5.69 Å². The van der Waals surface area contributed by atoms with Crippen molar-refractivity contribution in [3.8, 4) is 0 Å². The van der Waals surface area contributed by atoms with Crippen LogP contribution in [-0.4, -0.2) is 12.8 Å². The lowest BCUT2D eigenvalue weighted by molar-refractivity contribution is 1.16. The Kier molecular flexibility index (Phi) is 2.75. The first-order chi connectivity index (χ1) is 4.74. The van der Waals surface area contributed by atoms with Gasteiger partial charge in [0.2, 0.25) is 0 Å². The molecule has 0 fully saturated rings. The molecule has 0 aliphatic rings. The Bertz CT molecular complexity index is 241. The van der Waals surface area contributed by atoms with E-state index in [1.165, 1.54) is 0 Å². The molecule has 0 saturated heterocycles. The van der Waals surface area contributed by atoms with Crippen LogP contribution in [0.15, 0.2) is 16.6 Å². The van der Waals surface area contributed by atoms with Crippen LogP contribution >= 0.6 is 27.5 Å². The van der Waals surface area contributed by atoms with Gasteiger partial charge in [0.25, 0.3) is 0 Å². The van der Waals surface area contributed by atoms with Gasteiger partial charge in [-0.1, -0.05) is 11.6 Å². The summed E-state index contributed by atoms with van der Waals surface area (Å²) in [6.07, 6.45) is 0.924. The lowest BCUT2D eigenvalue weighted by atomic mass is 10.0. The lowest BCUT2D eigenvalue weighted by Gasteiger charge is -1.97. The van der Waals surface area contributed by atoms with Gasteiger partial charge >= 0.3 is 0 Å². The molecule has 0 bridgehead atoms. The zero-order chi connectivity index (χ0) is 7.56. The largest absolute Gasteiger partial charge is 0.241 e. The van der Waals surface area contributed by atoms with Crippen LogP contribution in [0.2, 0.25) is 5.15 Å². The number of pyridine rings is 1. The Morgan fingerprint density at radius 3 is 2.80 bits per heavy atom. The number of rotatable bonds is 1. The van der Waals surface area contributed by atoms with Crippen molar-refractivity contribution in [3.05, 3.63) is 27.5 Å². The summed E-state index contributed by atoms with van der Waals surface area (Å²) in [6, 6.07) is 3.87. The average Bonchev–Trinajstić information content (AvgIpc) is 1.95. The average molecular weight is 218 g/mol. The SMILES string of the molecule is BCc1ccc(Br)c(Cl)n1. The molecule has 0 unspecified atom stereocenters. The standard InChI is InChI=1S/C6H6BBrClN/c7-3-4-1-2-5(8)6(9)10-4/h1-2H,3,7H2. The van der Waals surface area contributed by atoms with E-state index >= 15 is 0 Å². The van der Waals surface area contributed by atoms with E-state index in [1.807, 2.05) is 20.0 Å². The number of halogens is 2. The van der Waals surface area contributed by atoms with E-state index in [2.05, 4.69) is 20.9 Å². The van der Waals surface area contributed by atoms with Crippen LogP contribution in [0.25, 0.3) is 0 Å². The first-order valence-electron chi connectivity index (χ1n) is 3.05. The molecular formula is C6H6BBrClN. The molecule has 0 N–H and O–H groups in total. The zero-order valence-electron chi connectivity index (χ0n) is 5.56. The fourth-order valence-corrected chi connectivity index (χ4v) is 1.04. The van der Waals surface area contributed by atoms with Crippen LogP contribution in [0.3, 0.4) is 0 Å². The first-order valence-corrected chi connectivity index (χ1v) is 4.22. The minimum absolute atomic E-state index is 0.541. The second kappa shape index (κ2) is 3.40. The highest BCUT2D eigenvalue weighted by molar-refractivity contribution is 9.10. The van der Waals surface area contributed by atoms with E-state index in [1.54, 1.807) is 0 Å². The molecule has 10 heavy (non-hydrogen) atoms. The summed E-state index contributed by atoms with van der Waals surface area (Å²) in [4.78, 5) is 4.11. The lowest BCUT2D eigenvalue weighted by Crippen LogP contribution is -1.88. The van der Waals surface area contributed by atoms with Crippen molar-refractivity contribution in [2.24, 2.45) is 0 Å². The monoisotopic (exact) mass is 217 g/mol. The van der Waals surface area contributed by atoms with Crippen molar-refractivity contribution < 1.29 is 0 Å². The fraction of sp³-hybridized carbons (Fsp3) is 0.167. The highest BCUT2D eigenvalue weighted by Gasteiger charge is 1.97. The van der Waals surface area contributed by atoms with E-state index in [9.17, 15) is 0 Å². The first kappa shape index (κ1) is 8.09. The van der Waals surface area contributed by atoms with E-state index in [4.69, 9.17) is 11.6 Å². The molecule has 4 heteroatoms. The summed E-state index contributed by atoms with van der Waals surface area (Å²) >= 11 is 9.00. The zero-order valence-corrected chi connectivity index (χ0v) is 7.91. The second-order valence-electron chi connectivity index (χ2n) is 1.93. The molecule has 0 atom stereocenters. The van der Waals surface area contributed by atoms with Gasteiger partial charge in [-0.3, -0.25) is 0 Å². The minimum atomic E-state index is 0.541. The molecule has 0 aliphatic carbocycles. The van der Waals surface area contributed by atoms with Crippen molar-refractivity contribution in [3.63, 3.8) is 0 Å². The molecule has 1 rings (SSSR count). The van der Waals surface area contributed by atoms with Gasteiger partial charge in [-0.25, -0.2) is 4.98 Å². The summed E-state index contributed by atoms with van der Waals surface area (Å²) in [7, 11) is 2.05. The number of aromatic nitrogens is 1. The number of hydrogen-bond acceptors (Lipinski definition) is 1. The predicted molar refractivity (Wildman–Crippen MR) is 49.2 cm³/mol. The molecule has 52 valence electrons. The molecule has 0 amide bonds. The Morgan fingerprint density at radius 1 is 1.60 bits per heavy atom. The van der Waals surface area contributed by atoms with Crippen LogP contribution in [0.5, 0.6) is 0 Å². The van der Waals surface area contributed by atoms with Crippen molar-refractivity contribution in [2.75, 3.05) is 0 Å². The van der Waals surface area contributed by atoms with Crippen molar-refractivity contribution >= 4 is 35.4 Å². The molecule has 1 aromatic rings. The van der Waals surface area contributed by atoms with Crippen LogP contribution in [0, 0.1) is 0 Å². The van der Waals surface area contributed by atoms with Crippen LogP contribution in [0.1, 0.15) is 5.69 Å². The third-order valence-corrected chi connectivity index (χ3v) is 2.38. The quantitative estimate of drug-likeness (QED) is 0.516. The van der Waals surface area contributed by atoms with Gasteiger partial charge in [-0.15, -0.1) is 0 Å². The molecule has 0 radical (unpaired) electrons. The fourth-order valence-electron chi connectivity index (χ4n) is 0.652. The molecule has 0 aliphatic heterocycles. The van der Waals surface area contributed by atoms with Gasteiger partial charge < -0.3 is 0 Å². The molecule has 0 spiro atoms. The highest BCUT2D eigenvalue weighted by atomic mass is 79.9. The summed E-state index contributed by atoms with van der Waals surface area (Å²) in [5.41, 5.74) is 1.02. The third kappa shape index (κ3) is 1.73. The van der Waals surface area contributed by atoms with E-state index in [-0.39, 0.29) is 0 Å². The Balaban J connectivity index is 3.04. The van der Waals surface area contributed by atoms with Crippen LogP contribution in [-0.2, 0) is 6.32 Å². The van der Waals surface area contributed by atoms with Crippen LogP contribution < -0.4 is 0 Å². The molecule has 1 aromatic heterocycles. The van der Waals surface area contributed by atoms with E-state index in [0.29, 0.717) is 5.15 Å². The summed E-state index contributed by atoms with van der Waals surface area (Å²) < 4.78 is 0.853. The van der Waals surface area contributed by atoms with Crippen molar-refractivity contribution in [1.29, 1.82) is 0 Å². The van der Waals surface area contributed by atoms with Gasteiger partial charge in [-0.2, -0.15) is 0 Å². The van der Waals surface area contributed by atoms with Crippen molar-refractivity contribution in [2.45, 2.75) is 6.32 Å². The van der Waals surface area contributed by atoms with Crippen molar-refractivity contribution in [1.82, 2.24) is 4.98 Å². The number of nitrogens with zero attached hydrogens (tertiary/aromatic N) is 1. The molecule has 1 heterocycles. The predicted octanol–water partition coefficient (Wildman–Crippen LogP) is 1.63. The summed E-state index contributed by atoms with van der Waals surface area (Å²) in [6.45, 7) is 0. The molecule has 1 nitrogen and oxygen atoms in total. The molecule has 0 aromatic carbocycles. The van der Waals surface area contributed by atoms with Gasteiger partial charge in [-0.05, 0) is 34.4 Å². The van der Waals surface area contributed by atoms with Crippen LogP contribution in [0.4, 0.5) is 0 Å². The molecule has 0 saturated carbocycles. The Morgan fingerprint density at radius 2 is 2.30 bits per heavy atom.